The van der Waals surface area contributed by atoms with E-state index in [-0.39, 0.29) is 5.41 Å². The van der Waals surface area contributed by atoms with E-state index in [2.05, 4.69) is 71.8 Å². The van der Waals surface area contributed by atoms with Gasteiger partial charge in [-0.2, -0.15) is 0 Å². The summed E-state index contributed by atoms with van der Waals surface area (Å²) in [4.78, 5) is 2.58. The second kappa shape index (κ2) is 6.27. The molecule has 3 atom stereocenters. The zero-order valence-electron chi connectivity index (χ0n) is 16.3. The minimum atomic E-state index is 0.148. The summed E-state index contributed by atoms with van der Waals surface area (Å²) in [6.07, 6.45) is 8.44. The molecule has 2 fully saturated rings. The maximum Gasteiger partial charge on any atom is 0.116 e. The Hall–Kier alpha value is -2.48. The van der Waals surface area contributed by atoms with Gasteiger partial charge in [0.15, 0.2) is 0 Å². The van der Waals surface area contributed by atoms with Gasteiger partial charge >= 0.3 is 0 Å². The highest BCUT2D eigenvalue weighted by Gasteiger charge is 2.72. The van der Waals surface area contributed by atoms with Gasteiger partial charge in [-0.25, -0.2) is 0 Å². The summed E-state index contributed by atoms with van der Waals surface area (Å²) >= 11 is 0. The maximum atomic E-state index is 6.41. The normalized spacial score (nSPS) is 28.5. The van der Waals surface area contributed by atoms with Gasteiger partial charge in [0.05, 0.1) is 11.7 Å². The highest BCUT2D eigenvalue weighted by Crippen LogP contribution is 2.70. The van der Waals surface area contributed by atoms with E-state index in [0.717, 1.165) is 13.1 Å². The average molecular weight is 370 g/mol. The van der Waals surface area contributed by atoms with Crippen molar-refractivity contribution < 1.29 is 4.42 Å². The van der Waals surface area contributed by atoms with Gasteiger partial charge in [-0.15, -0.1) is 0 Å². The molecule has 0 N–H and O–H groups in total. The number of hydrogen-bond donors (Lipinski definition) is 0. The van der Waals surface area contributed by atoms with Crippen LogP contribution in [0.2, 0.25) is 0 Å². The zero-order chi connectivity index (χ0) is 18.6. The molecule has 142 valence electrons. The molecule has 6 rings (SSSR count). The molecule has 1 aromatic heterocycles. The van der Waals surface area contributed by atoms with E-state index in [1.165, 1.54) is 54.7 Å². The van der Waals surface area contributed by atoms with Crippen LogP contribution in [-0.4, -0.2) is 13.1 Å². The largest absolute Gasteiger partial charge is 0.468 e. The van der Waals surface area contributed by atoms with Crippen LogP contribution in [0.3, 0.4) is 0 Å². The molecule has 2 heteroatoms. The van der Waals surface area contributed by atoms with Crippen LogP contribution in [0.25, 0.3) is 0 Å². The van der Waals surface area contributed by atoms with Crippen molar-refractivity contribution in [1.82, 2.24) is 0 Å². The topological polar surface area (TPSA) is 16.4 Å². The van der Waals surface area contributed by atoms with Crippen molar-refractivity contribution in [2.45, 2.75) is 43.4 Å². The number of benzene rings is 2. The van der Waals surface area contributed by atoms with Crippen LogP contribution in [-0.2, 0) is 18.3 Å². The quantitative estimate of drug-likeness (QED) is 0.549. The highest BCUT2D eigenvalue weighted by atomic mass is 16.3. The lowest BCUT2D eigenvalue weighted by molar-refractivity contribution is 0.441. The Morgan fingerprint density at radius 1 is 0.857 bits per heavy atom. The fourth-order valence-electron chi connectivity index (χ4n) is 6.11. The number of rotatable bonds is 3. The summed E-state index contributed by atoms with van der Waals surface area (Å²) in [5.41, 5.74) is 6.01. The van der Waals surface area contributed by atoms with Gasteiger partial charge in [0.1, 0.15) is 5.76 Å². The van der Waals surface area contributed by atoms with Crippen molar-refractivity contribution in [2.24, 2.45) is 5.92 Å². The zero-order valence-corrected chi connectivity index (χ0v) is 16.3. The number of nitrogens with zero attached hydrogens (tertiary/aromatic N) is 1. The SMILES string of the molecule is c1ccc(C2C3CN(c4ccccc4)CC32c2occ3c2CCCCC3)cc1. The molecule has 2 nitrogen and oxygen atoms in total. The third-order valence-electron chi connectivity index (χ3n) is 7.44. The van der Waals surface area contributed by atoms with Crippen LogP contribution in [0.1, 0.15) is 47.6 Å². The third-order valence-corrected chi connectivity index (χ3v) is 7.44. The minimum Gasteiger partial charge on any atom is -0.468 e. The second-order valence-corrected chi connectivity index (χ2v) is 8.88. The van der Waals surface area contributed by atoms with E-state index in [1.807, 2.05) is 0 Å². The Balaban J connectivity index is 1.43. The molecule has 3 unspecified atom stereocenters. The number of furan rings is 1. The predicted octanol–water partition coefficient (Wildman–Crippen LogP) is 5.72. The number of para-hydroxylation sites is 1. The lowest BCUT2D eigenvalue weighted by atomic mass is 9.90. The molecule has 2 heterocycles. The summed E-state index contributed by atoms with van der Waals surface area (Å²) in [6.45, 7) is 2.19. The van der Waals surface area contributed by atoms with Crippen LogP contribution in [0, 0.1) is 5.92 Å². The molecule has 1 saturated carbocycles. The van der Waals surface area contributed by atoms with Crippen LogP contribution >= 0.6 is 0 Å². The molecular weight excluding hydrogens is 342 g/mol. The van der Waals surface area contributed by atoms with E-state index in [0.29, 0.717) is 11.8 Å². The van der Waals surface area contributed by atoms with Gasteiger partial charge in [0.25, 0.3) is 0 Å². The summed E-state index contributed by atoms with van der Waals surface area (Å²) in [7, 11) is 0. The summed E-state index contributed by atoms with van der Waals surface area (Å²) < 4.78 is 6.41. The molecule has 0 spiro atoms. The Morgan fingerprint density at radius 3 is 2.43 bits per heavy atom. The monoisotopic (exact) mass is 369 g/mol. The summed E-state index contributed by atoms with van der Waals surface area (Å²) in [6, 6.07) is 22.1. The molecular formula is C26H27NO. The molecule has 2 aromatic carbocycles. The van der Waals surface area contributed by atoms with Crippen LogP contribution < -0.4 is 4.90 Å². The summed E-state index contributed by atoms with van der Waals surface area (Å²) in [5.74, 6) is 2.56. The molecule has 0 amide bonds. The molecule has 28 heavy (non-hydrogen) atoms. The van der Waals surface area contributed by atoms with E-state index in [4.69, 9.17) is 4.42 Å². The average Bonchev–Trinajstić information content (AvgIpc) is 3.05. The van der Waals surface area contributed by atoms with Crippen molar-refractivity contribution in [3.8, 4) is 0 Å². The number of anilines is 1. The molecule has 3 aromatic rings. The van der Waals surface area contributed by atoms with Crippen molar-refractivity contribution in [1.29, 1.82) is 0 Å². The minimum absolute atomic E-state index is 0.148. The Kier molecular flexibility index (Phi) is 3.69. The molecule has 2 aliphatic carbocycles. The molecule has 3 aliphatic rings. The van der Waals surface area contributed by atoms with Crippen molar-refractivity contribution in [3.63, 3.8) is 0 Å². The van der Waals surface area contributed by atoms with Gasteiger partial charge in [0, 0.05) is 24.7 Å². The maximum absolute atomic E-state index is 6.41. The van der Waals surface area contributed by atoms with Crippen molar-refractivity contribution in [3.05, 3.63) is 89.4 Å². The fourth-order valence-corrected chi connectivity index (χ4v) is 6.11. The van der Waals surface area contributed by atoms with Gasteiger partial charge in [0.2, 0.25) is 0 Å². The van der Waals surface area contributed by atoms with Crippen LogP contribution in [0.15, 0.2) is 71.3 Å². The van der Waals surface area contributed by atoms with Crippen molar-refractivity contribution in [2.75, 3.05) is 18.0 Å². The Labute approximate surface area is 167 Å². The fraction of sp³-hybridized carbons (Fsp3) is 0.385. The molecule has 0 radical (unpaired) electrons. The van der Waals surface area contributed by atoms with Gasteiger partial charge < -0.3 is 9.32 Å². The number of aryl methyl sites for hydroxylation is 1. The predicted molar refractivity (Wildman–Crippen MR) is 113 cm³/mol. The first-order valence-corrected chi connectivity index (χ1v) is 10.8. The Morgan fingerprint density at radius 2 is 1.61 bits per heavy atom. The van der Waals surface area contributed by atoms with Gasteiger partial charge in [-0.3, -0.25) is 0 Å². The standard InChI is InChI=1S/C26H27NO/c1-4-10-19(11-5-1)24-23-16-27(21-13-7-3-8-14-21)18-26(23,24)25-22-15-9-2-6-12-20(22)17-28-25/h1,3-5,7-8,10-11,13-14,17,23-24H,2,6,9,12,15-16,18H2. The number of fused-ring (bicyclic) bond motifs is 2. The van der Waals surface area contributed by atoms with Gasteiger partial charge in [-0.05, 0) is 60.4 Å². The lowest BCUT2D eigenvalue weighted by Gasteiger charge is -2.25. The number of piperidine rings is 1. The van der Waals surface area contributed by atoms with E-state index < -0.39 is 0 Å². The van der Waals surface area contributed by atoms with E-state index >= 15 is 0 Å². The van der Waals surface area contributed by atoms with E-state index in [9.17, 15) is 0 Å². The number of hydrogen-bond acceptors (Lipinski definition) is 2. The molecule has 0 bridgehead atoms. The first-order chi connectivity index (χ1) is 13.9. The first kappa shape index (κ1) is 16.5. The first-order valence-electron chi connectivity index (χ1n) is 10.8. The molecule has 1 aliphatic heterocycles. The van der Waals surface area contributed by atoms with E-state index in [1.54, 1.807) is 5.56 Å². The third kappa shape index (κ3) is 2.33. The lowest BCUT2D eigenvalue weighted by Crippen LogP contribution is -2.29. The highest BCUT2D eigenvalue weighted by molar-refractivity contribution is 5.58. The Bertz CT molecular complexity index is 976. The second-order valence-electron chi connectivity index (χ2n) is 8.88. The molecule has 1 saturated heterocycles. The summed E-state index contributed by atoms with van der Waals surface area (Å²) in [5, 5.41) is 0. The van der Waals surface area contributed by atoms with Crippen LogP contribution in [0.5, 0.6) is 0 Å². The van der Waals surface area contributed by atoms with Crippen molar-refractivity contribution >= 4 is 5.69 Å². The van der Waals surface area contributed by atoms with Crippen LogP contribution in [0.4, 0.5) is 5.69 Å². The van der Waals surface area contributed by atoms with Gasteiger partial charge in [-0.1, -0.05) is 55.0 Å². The smallest absolute Gasteiger partial charge is 0.116 e.